The van der Waals surface area contributed by atoms with Gasteiger partial charge in [0.15, 0.2) is 0 Å². The van der Waals surface area contributed by atoms with Crippen LogP contribution in [0.15, 0.2) is 28.9 Å². The predicted octanol–water partition coefficient (Wildman–Crippen LogP) is 2.69. The van der Waals surface area contributed by atoms with Gasteiger partial charge in [0, 0.05) is 7.05 Å². The number of aryl methyl sites for hydroxylation is 1. The van der Waals surface area contributed by atoms with Gasteiger partial charge < -0.3 is 0 Å². The predicted molar refractivity (Wildman–Crippen MR) is 60.7 cm³/mol. The maximum absolute atomic E-state index is 13.4. The Morgan fingerprint density at radius 3 is 2.71 bits per heavy atom. The van der Waals surface area contributed by atoms with Gasteiger partial charge in [-0.25, -0.2) is 8.78 Å². The maximum atomic E-state index is 13.4. The van der Waals surface area contributed by atoms with E-state index in [1.165, 1.54) is 10.9 Å². The van der Waals surface area contributed by atoms with Crippen LogP contribution in [-0.2, 0) is 7.05 Å². The highest BCUT2D eigenvalue weighted by atomic mass is 79.9. The molecule has 1 heterocycles. The van der Waals surface area contributed by atoms with Crippen LogP contribution in [0.1, 0.15) is 16.1 Å². The summed E-state index contributed by atoms with van der Waals surface area (Å²) in [7, 11) is 1.55. The van der Waals surface area contributed by atoms with Crippen LogP contribution in [0.4, 0.5) is 8.78 Å². The van der Waals surface area contributed by atoms with E-state index in [0.29, 0.717) is 4.47 Å². The monoisotopic (exact) mass is 300 g/mol. The number of aromatic nitrogens is 2. The molecule has 0 unspecified atom stereocenters. The molecule has 0 aliphatic heterocycles. The third-order valence-corrected chi connectivity index (χ3v) is 2.86. The lowest BCUT2D eigenvalue weighted by Gasteiger charge is -2.04. The maximum Gasteiger partial charge on any atom is 0.215 e. The summed E-state index contributed by atoms with van der Waals surface area (Å²) in [5.74, 6) is -2.04. The lowest BCUT2D eigenvalue weighted by atomic mass is 10.1. The summed E-state index contributed by atoms with van der Waals surface area (Å²) in [6.45, 7) is 0. The lowest BCUT2D eigenvalue weighted by Crippen LogP contribution is -2.11. The topological polar surface area (TPSA) is 34.9 Å². The molecule has 0 radical (unpaired) electrons. The van der Waals surface area contributed by atoms with Gasteiger partial charge in [0.05, 0.1) is 16.2 Å². The largest absolute Gasteiger partial charge is 0.287 e. The normalized spacial score (nSPS) is 10.6. The minimum Gasteiger partial charge on any atom is -0.287 e. The summed E-state index contributed by atoms with van der Waals surface area (Å²) >= 11 is 3.14. The molecular weight excluding hydrogens is 294 g/mol. The van der Waals surface area contributed by atoms with Gasteiger partial charge in [-0.2, -0.15) is 5.10 Å². The molecule has 2 rings (SSSR count). The first-order chi connectivity index (χ1) is 8.00. The molecule has 17 heavy (non-hydrogen) atoms. The van der Waals surface area contributed by atoms with Gasteiger partial charge in [0.1, 0.15) is 17.3 Å². The zero-order chi connectivity index (χ0) is 12.6. The van der Waals surface area contributed by atoms with Crippen molar-refractivity contribution in [3.63, 3.8) is 0 Å². The van der Waals surface area contributed by atoms with Crippen molar-refractivity contribution in [3.05, 3.63) is 51.8 Å². The molecule has 0 aliphatic rings. The fraction of sp³-hybridized carbons (Fsp3) is 0.0909. The van der Waals surface area contributed by atoms with Gasteiger partial charge in [-0.05, 0) is 34.1 Å². The van der Waals surface area contributed by atoms with Gasteiger partial charge in [0.25, 0.3) is 0 Å². The molecule has 1 aromatic heterocycles. The quantitative estimate of drug-likeness (QED) is 0.799. The molecule has 6 heteroatoms. The number of carbonyl (C=O) groups is 1. The second kappa shape index (κ2) is 4.37. The van der Waals surface area contributed by atoms with E-state index in [0.717, 1.165) is 18.2 Å². The van der Waals surface area contributed by atoms with Crippen LogP contribution in [0.3, 0.4) is 0 Å². The summed E-state index contributed by atoms with van der Waals surface area (Å²) in [4.78, 5) is 12.0. The van der Waals surface area contributed by atoms with Crippen molar-refractivity contribution in [1.29, 1.82) is 0 Å². The molecule has 0 N–H and O–H groups in total. The first-order valence-corrected chi connectivity index (χ1v) is 5.47. The highest BCUT2D eigenvalue weighted by molar-refractivity contribution is 9.10. The second-order valence-electron chi connectivity index (χ2n) is 3.42. The fourth-order valence-corrected chi connectivity index (χ4v) is 1.99. The Hall–Kier alpha value is -1.56. The number of hydrogen-bond acceptors (Lipinski definition) is 2. The van der Waals surface area contributed by atoms with Crippen molar-refractivity contribution in [2.75, 3.05) is 0 Å². The number of hydrogen-bond donors (Lipinski definition) is 0. The van der Waals surface area contributed by atoms with E-state index in [2.05, 4.69) is 21.0 Å². The average Bonchev–Trinajstić information content (AvgIpc) is 2.61. The Morgan fingerprint density at radius 1 is 1.41 bits per heavy atom. The molecule has 2 aromatic rings. The van der Waals surface area contributed by atoms with Crippen LogP contribution in [0.2, 0.25) is 0 Å². The third kappa shape index (κ3) is 2.12. The standard InChI is InChI=1S/C11H7BrF2N2O/c1-16-10(8(12)5-15-16)11(17)7-4-6(13)2-3-9(7)14/h2-5H,1H3. The second-order valence-corrected chi connectivity index (χ2v) is 4.27. The van der Waals surface area contributed by atoms with E-state index in [4.69, 9.17) is 0 Å². The SMILES string of the molecule is Cn1ncc(Br)c1C(=O)c1cc(F)ccc1F. The molecule has 0 fully saturated rings. The van der Waals surface area contributed by atoms with Crippen molar-refractivity contribution in [1.82, 2.24) is 9.78 Å². The molecule has 0 atom stereocenters. The van der Waals surface area contributed by atoms with E-state index in [1.54, 1.807) is 7.05 Å². The van der Waals surface area contributed by atoms with Crippen molar-refractivity contribution in [2.45, 2.75) is 0 Å². The van der Waals surface area contributed by atoms with E-state index in [9.17, 15) is 13.6 Å². The number of halogens is 3. The van der Waals surface area contributed by atoms with Crippen molar-refractivity contribution < 1.29 is 13.6 Å². The third-order valence-electron chi connectivity index (χ3n) is 2.28. The van der Waals surface area contributed by atoms with Gasteiger partial charge in [-0.3, -0.25) is 9.48 Å². The average molecular weight is 301 g/mol. The lowest BCUT2D eigenvalue weighted by molar-refractivity contribution is 0.102. The van der Waals surface area contributed by atoms with Crippen LogP contribution in [0.5, 0.6) is 0 Å². The van der Waals surface area contributed by atoms with Gasteiger partial charge in [-0.15, -0.1) is 0 Å². The van der Waals surface area contributed by atoms with Crippen LogP contribution >= 0.6 is 15.9 Å². The molecule has 1 aromatic carbocycles. The highest BCUT2D eigenvalue weighted by Crippen LogP contribution is 2.21. The number of carbonyl (C=O) groups excluding carboxylic acids is 1. The van der Waals surface area contributed by atoms with Gasteiger partial charge in [0.2, 0.25) is 5.78 Å². The Labute approximate surface area is 104 Å². The molecule has 0 bridgehead atoms. The number of ketones is 1. The molecule has 88 valence electrons. The summed E-state index contributed by atoms with van der Waals surface area (Å²) in [6.07, 6.45) is 1.42. The number of benzene rings is 1. The first kappa shape index (κ1) is 11.9. The highest BCUT2D eigenvalue weighted by Gasteiger charge is 2.20. The smallest absolute Gasteiger partial charge is 0.215 e. The Kier molecular flexibility index (Phi) is 3.06. The molecule has 0 saturated carbocycles. The van der Waals surface area contributed by atoms with E-state index in [1.807, 2.05) is 0 Å². The fourth-order valence-electron chi connectivity index (χ4n) is 1.47. The molecule has 0 amide bonds. The summed E-state index contributed by atoms with van der Waals surface area (Å²) < 4.78 is 28.2. The van der Waals surface area contributed by atoms with E-state index >= 15 is 0 Å². The van der Waals surface area contributed by atoms with Crippen molar-refractivity contribution in [2.24, 2.45) is 7.05 Å². The Morgan fingerprint density at radius 2 is 2.12 bits per heavy atom. The zero-order valence-electron chi connectivity index (χ0n) is 8.75. The number of rotatable bonds is 2. The summed E-state index contributed by atoms with van der Waals surface area (Å²) in [6, 6.07) is 2.76. The minimum absolute atomic E-state index is 0.175. The number of nitrogens with zero attached hydrogens (tertiary/aromatic N) is 2. The first-order valence-electron chi connectivity index (χ1n) is 4.68. The van der Waals surface area contributed by atoms with Gasteiger partial charge in [-0.1, -0.05) is 0 Å². The van der Waals surface area contributed by atoms with Crippen LogP contribution in [0, 0.1) is 11.6 Å². The molecule has 3 nitrogen and oxygen atoms in total. The Bertz CT molecular complexity index is 576. The molecule has 0 aliphatic carbocycles. The minimum atomic E-state index is -0.760. The molecular formula is C11H7BrF2N2O. The van der Waals surface area contributed by atoms with Gasteiger partial charge >= 0.3 is 0 Å². The van der Waals surface area contributed by atoms with Crippen molar-refractivity contribution >= 4 is 21.7 Å². The van der Waals surface area contributed by atoms with Crippen LogP contribution in [0.25, 0.3) is 0 Å². The zero-order valence-corrected chi connectivity index (χ0v) is 10.3. The van der Waals surface area contributed by atoms with Crippen LogP contribution < -0.4 is 0 Å². The van der Waals surface area contributed by atoms with E-state index in [-0.39, 0.29) is 11.3 Å². The Balaban J connectivity index is 2.55. The van der Waals surface area contributed by atoms with Crippen LogP contribution in [-0.4, -0.2) is 15.6 Å². The van der Waals surface area contributed by atoms with E-state index < -0.39 is 17.4 Å². The molecule has 0 spiro atoms. The molecule has 0 saturated heterocycles. The summed E-state index contributed by atoms with van der Waals surface area (Å²) in [5, 5.41) is 3.85. The summed E-state index contributed by atoms with van der Waals surface area (Å²) in [5.41, 5.74) is -0.135. The van der Waals surface area contributed by atoms with Crippen molar-refractivity contribution in [3.8, 4) is 0 Å².